The summed E-state index contributed by atoms with van der Waals surface area (Å²) in [4.78, 5) is 10.2. The largest absolute Gasteiger partial charge is 0.509 e. The molecular formula is C5H8O3. The molecule has 1 fully saturated rings. The van der Waals surface area contributed by atoms with Gasteiger partial charge in [-0.15, -0.1) is 0 Å². The molecule has 1 aliphatic heterocycles. The molecule has 1 aliphatic rings. The molecule has 1 unspecified atom stereocenters. The molecule has 2 atom stereocenters. The molecule has 8 heavy (non-hydrogen) atoms. The zero-order chi connectivity index (χ0) is 6.15. The van der Waals surface area contributed by atoms with E-state index in [9.17, 15) is 4.79 Å². The molecule has 0 aromatic rings. The highest BCUT2D eigenvalue weighted by molar-refractivity contribution is 5.62. The van der Waals surface area contributed by atoms with Crippen molar-refractivity contribution >= 4 is 6.16 Å². The second kappa shape index (κ2) is 1.65. The van der Waals surface area contributed by atoms with E-state index >= 15 is 0 Å². The number of rotatable bonds is 0. The Hall–Kier alpha value is -0.730. The van der Waals surface area contributed by atoms with Crippen LogP contribution in [0.4, 0.5) is 4.79 Å². The molecule has 0 spiro atoms. The Labute approximate surface area is 47.6 Å². The Morgan fingerprint density at radius 3 is 1.75 bits per heavy atom. The maximum atomic E-state index is 10.2. The van der Waals surface area contributed by atoms with E-state index in [0.29, 0.717) is 0 Å². The van der Waals surface area contributed by atoms with Crippen molar-refractivity contribution in [2.24, 2.45) is 0 Å². The highest BCUT2D eigenvalue weighted by Gasteiger charge is 2.28. The lowest BCUT2D eigenvalue weighted by Crippen LogP contribution is -2.13. The van der Waals surface area contributed by atoms with Gasteiger partial charge in [0.05, 0.1) is 0 Å². The first kappa shape index (κ1) is 5.41. The zero-order valence-corrected chi connectivity index (χ0v) is 4.88. The standard InChI is InChI=1S/C5H8O3/c1-3-4(2)8-5(6)7-3/h3-4H,1-2H3/t3-,4?/m0/s1. The molecule has 1 rings (SSSR count). The quantitative estimate of drug-likeness (QED) is 0.441. The van der Waals surface area contributed by atoms with E-state index in [4.69, 9.17) is 0 Å². The summed E-state index contributed by atoms with van der Waals surface area (Å²) >= 11 is 0. The Morgan fingerprint density at radius 2 is 1.62 bits per heavy atom. The Balaban J connectivity index is 2.51. The van der Waals surface area contributed by atoms with E-state index < -0.39 is 6.16 Å². The third-order valence-corrected chi connectivity index (χ3v) is 1.23. The summed E-state index contributed by atoms with van der Waals surface area (Å²) in [5.41, 5.74) is 0. The minimum absolute atomic E-state index is 0.0810. The van der Waals surface area contributed by atoms with Crippen molar-refractivity contribution < 1.29 is 14.3 Å². The Morgan fingerprint density at radius 1 is 1.25 bits per heavy atom. The third-order valence-electron chi connectivity index (χ3n) is 1.23. The molecule has 46 valence electrons. The number of carbonyl (C=O) groups excluding carboxylic acids is 1. The fourth-order valence-electron chi connectivity index (χ4n) is 0.523. The van der Waals surface area contributed by atoms with Crippen molar-refractivity contribution in [1.29, 1.82) is 0 Å². The summed E-state index contributed by atoms with van der Waals surface area (Å²) in [6, 6.07) is 0. The van der Waals surface area contributed by atoms with E-state index in [-0.39, 0.29) is 12.2 Å². The smallest absolute Gasteiger partial charge is 0.427 e. The highest BCUT2D eigenvalue weighted by atomic mass is 16.8. The van der Waals surface area contributed by atoms with Crippen LogP contribution < -0.4 is 0 Å². The molecule has 0 amide bonds. The topological polar surface area (TPSA) is 35.5 Å². The number of hydrogen-bond acceptors (Lipinski definition) is 3. The lowest BCUT2D eigenvalue weighted by Gasteiger charge is -2.00. The van der Waals surface area contributed by atoms with E-state index in [1.807, 2.05) is 0 Å². The molecule has 0 saturated carbocycles. The molecule has 0 aromatic heterocycles. The maximum Gasteiger partial charge on any atom is 0.509 e. The van der Waals surface area contributed by atoms with E-state index in [1.165, 1.54) is 0 Å². The van der Waals surface area contributed by atoms with Crippen molar-refractivity contribution in [3.05, 3.63) is 0 Å². The second-order valence-corrected chi connectivity index (χ2v) is 1.90. The average Bonchev–Trinajstić information content (AvgIpc) is 1.85. The minimum atomic E-state index is -0.551. The van der Waals surface area contributed by atoms with Gasteiger partial charge >= 0.3 is 6.16 Å². The van der Waals surface area contributed by atoms with E-state index in [1.54, 1.807) is 13.8 Å². The van der Waals surface area contributed by atoms with Gasteiger partial charge in [0.2, 0.25) is 0 Å². The summed E-state index contributed by atoms with van der Waals surface area (Å²) in [5, 5.41) is 0. The van der Waals surface area contributed by atoms with Crippen LogP contribution in [0, 0.1) is 0 Å². The summed E-state index contributed by atoms with van der Waals surface area (Å²) in [6.45, 7) is 3.60. The Bertz CT molecular complexity index is 98.2. The van der Waals surface area contributed by atoms with Crippen molar-refractivity contribution in [3.8, 4) is 0 Å². The van der Waals surface area contributed by atoms with Crippen LogP contribution in [0.15, 0.2) is 0 Å². The van der Waals surface area contributed by atoms with E-state index in [0.717, 1.165) is 0 Å². The van der Waals surface area contributed by atoms with Crippen LogP contribution in [0.5, 0.6) is 0 Å². The van der Waals surface area contributed by atoms with Crippen molar-refractivity contribution in [2.45, 2.75) is 26.1 Å². The molecule has 3 nitrogen and oxygen atoms in total. The van der Waals surface area contributed by atoms with Gasteiger partial charge in [0.25, 0.3) is 0 Å². The first-order chi connectivity index (χ1) is 3.70. The SMILES string of the molecule is CC1OC(=O)O[C@H]1C. The lowest BCUT2D eigenvalue weighted by atomic mass is 10.3. The molecule has 0 bridgehead atoms. The lowest BCUT2D eigenvalue weighted by molar-refractivity contribution is 0.118. The summed E-state index contributed by atoms with van der Waals surface area (Å²) in [7, 11) is 0. The fourth-order valence-corrected chi connectivity index (χ4v) is 0.523. The monoisotopic (exact) mass is 116 g/mol. The zero-order valence-electron chi connectivity index (χ0n) is 4.88. The van der Waals surface area contributed by atoms with Crippen LogP contribution in [-0.4, -0.2) is 18.4 Å². The van der Waals surface area contributed by atoms with Crippen LogP contribution in [0.3, 0.4) is 0 Å². The number of ether oxygens (including phenoxy) is 2. The molecule has 0 aromatic carbocycles. The molecule has 0 radical (unpaired) electrons. The van der Waals surface area contributed by atoms with Crippen LogP contribution >= 0.6 is 0 Å². The average molecular weight is 116 g/mol. The minimum Gasteiger partial charge on any atom is -0.427 e. The number of cyclic esters (lactones) is 2. The first-order valence-electron chi connectivity index (χ1n) is 2.57. The summed E-state index contributed by atoms with van der Waals surface area (Å²) in [6.07, 6.45) is -0.713. The van der Waals surface area contributed by atoms with Gasteiger partial charge in [-0.05, 0) is 13.8 Å². The molecule has 1 saturated heterocycles. The number of carbonyl (C=O) groups is 1. The van der Waals surface area contributed by atoms with Crippen LogP contribution in [0.1, 0.15) is 13.8 Å². The summed E-state index contributed by atoms with van der Waals surface area (Å²) < 4.78 is 9.22. The van der Waals surface area contributed by atoms with Crippen molar-refractivity contribution in [3.63, 3.8) is 0 Å². The van der Waals surface area contributed by atoms with Gasteiger partial charge < -0.3 is 9.47 Å². The van der Waals surface area contributed by atoms with Crippen LogP contribution in [-0.2, 0) is 9.47 Å². The maximum absolute atomic E-state index is 10.2. The third kappa shape index (κ3) is 0.757. The fraction of sp³-hybridized carbons (Fsp3) is 0.800. The predicted molar refractivity (Wildman–Crippen MR) is 26.5 cm³/mol. The van der Waals surface area contributed by atoms with Crippen molar-refractivity contribution in [2.75, 3.05) is 0 Å². The van der Waals surface area contributed by atoms with Crippen LogP contribution in [0.25, 0.3) is 0 Å². The van der Waals surface area contributed by atoms with Gasteiger partial charge in [0.15, 0.2) is 0 Å². The molecular weight excluding hydrogens is 108 g/mol. The van der Waals surface area contributed by atoms with Gasteiger partial charge in [-0.1, -0.05) is 0 Å². The van der Waals surface area contributed by atoms with Crippen molar-refractivity contribution in [1.82, 2.24) is 0 Å². The molecule has 0 aliphatic carbocycles. The predicted octanol–water partition coefficient (Wildman–Crippen LogP) is 0.930. The van der Waals surface area contributed by atoms with Gasteiger partial charge in [0, 0.05) is 0 Å². The second-order valence-electron chi connectivity index (χ2n) is 1.90. The van der Waals surface area contributed by atoms with Gasteiger partial charge in [-0.3, -0.25) is 0 Å². The molecule has 0 N–H and O–H groups in total. The van der Waals surface area contributed by atoms with Gasteiger partial charge in [0.1, 0.15) is 12.2 Å². The van der Waals surface area contributed by atoms with Crippen LogP contribution in [0.2, 0.25) is 0 Å². The Kier molecular flexibility index (Phi) is 1.12. The van der Waals surface area contributed by atoms with Gasteiger partial charge in [-0.25, -0.2) is 4.79 Å². The van der Waals surface area contributed by atoms with E-state index in [2.05, 4.69) is 9.47 Å². The first-order valence-corrected chi connectivity index (χ1v) is 2.57. The molecule has 3 heteroatoms. The summed E-state index contributed by atoms with van der Waals surface area (Å²) in [5.74, 6) is 0. The normalized spacial score (nSPS) is 36.5. The molecule has 1 heterocycles. The van der Waals surface area contributed by atoms with Gasteiger partial charge in [-0.2, -0.15) is 0 Å². The number of hydrogen-bond donors (Lipinski definition) is 0. The highest BCUT2D eigenvalue weighted by Crippen LogP contribution is 2.12.